The van der Waals surface area contributed by atoms with Crippen LogP contribution in [0.15, 0.2) is 60.7 Å². The highest BCUT2D eigenvalue weighted by Crippen LogP contribution is 2.23. The first-order valence-electron chi connectivity index (χ1n) is 8.71. The summed E-state index contributed by atoms with van der Waals surface area (Å²) in [6, 6.07) is 18.9. The largest absolute Gasteiger partial charge is 0.497 e. The van der Waals surface area contributed by atoms with Crippen LogP contribution in [0.5, 0.6) is 11.5 Å². The first-order chi connectivity index (χ1) is 13.2. The Labute approximate surface area is 157 Å². The normalized spacial score (nSPS) is 10.4. The van der Waals surface area contributed by atoms with Gasteiger partial charge in [-0.15, -0.1) is 0 Å². The monoisotopic (exact) mass is 363 g/mol. The van der Waals surface area contributed by atoms with Crippen LogP contribution in [-0.2, 0) is 16.0 Å². The molecule has 0 atom stereocenters. The van der Waals surface area contributed by atoms with E-state index >= 15 is 0 Å². The first kappa shape index (κ1) is 18.5. The van der Waals surface area contributed by atoms with Crippen molar-refractivity contribution in [3.05, 3.63) is 66.2 Å². The highest BCUT2D eigenvalue weighted by atomic mass is 16.5. The van der Waals surface area contributed by atoms with Gasteiger partial charge in [-0.05, 0) is 59.2 Å². The summed E-state index contributed by atoms with van der Waals surface area (Å²) in [6.45, 7) is -0.0810. The Morgan fingerprint density at radius 1 is 0.963 bits per heavy atom. The van der Waals surface area contributed by atoms with Gasteiger partial charge < -0.3 is 19.6 Å². The molecule has 0 aliphatic heterocycles. The number of fused-ring (bicyclic) bond motifs is 1. The Morgan fingerprint density at radius 2 is 1.70 bits per heavy atom. The fourth-order valence-electron chi connectivity index (χ4n) is 2.77. The molecule has 3 rings (SSSR count). The minimum absolute atomic E-state index is 0.0810. The van der Waals surface area contributed by atoms with Crippen molar-refractivity contribution < 1.29 is 19.1 Å². The summed E-state index contributed by atoms with van der Waals surface area (Å²) >= 11 is 0. The summed E-state index contributed by atoms with van der Waals surface area (Å²) in [5, 5.41) is 4.88. The molecule has 1 amide bonds. The van der Waals surface area contributed by atoms with E-state index < -0.39 is 0 Å². The van der Waals surface area contributed by atoms with Crippen LogP contribution in [0.2, 0.25) is 0 Å². The quantitative estimate of drug-likeness (QED) is 0.615. The number of nitrogens with one attached hydrogen (secondary N) is 1. The van der Waals surface area contributed by atoms with Gasteiger partial charge in [-0.2, -0.15) is 0 Å². The standard InChI is InChI=1S/C22H21NO4/c1-26-20-10-7-19(8-11-20)23-22(25)15-27-21-9-6-17-5-4-16(3-2-12-24)13-18(17)14-21/h4-14H,2-3,15H2,1H3,(H,23,25). The fourth-order valence-corrected chi connectivity index (χ4v) is 2.77. The van der Waals surface area contributed by atoms with Gasteiger partial charge in [0.05, 0.1) is 7.11 Å². The molecule has 138 valence electrons. The first-order valence-corrected chi connectivity index (χ1v) is 8.71. The highest BCUT2D eigenvalue weighted by Gasteiger charge is 2.05. The lowest BCUT2D eigenvalue weighted by molar-refractivity contribution is -0.118. The van der Waals surface area contributed by atoms with Crippen LogP contribution < -0.4 is 14.8 Å². The SMILES string of the molecule is COc1ccc(NC(=O)COc2ccc3ccc(CCC=O)cc3c2)cc1. The fraction of sp³-hybridized carbons (Fsp3) is 0.182. The second-order valence-corrected chi connectivity index (χ2v) is 6.11. The molecule has 3 aromatic carbocycles. The van der Waals surface area contributed by atoms with Gasteiger partial charge in [0, 0.05) is 12.1 Å². The van der Waals surface area contributed by atoms with E-state index in [1.165, 1.54) is 0 Å². The number of aldehydes is 1. The summed E-state index contributed by atoms with van der Waals surface area (Å²) < 4.78 is 10.7. The predicted molar refractivity (Wildman–Crippen MR) is 105 cm³/mol. The van der Waals surface area contributed by atoms with Crippen LogP contribution in [0, 0.1) is 0 Å². The van der Waals surface area contributed by atoms with Gasteiger partial charge in [-0.1, -0.05) is 24.3 Å². The van der Waals surface area contributed by atoms with Crippen molar-refractivity contribution in [2.45, 2.75) is 12.8 Å². The molecule has 27 heavy (non-hydrogen) atoms. The van der Waals surface area contributed by atoms with E-state index in [2.05, 4.69) is 5.32 Å². The molecule has 0 saturated heterocycles. The van der Waals surface area contributed by atoms with Gasteiger partial charge in [0.1, 0.15) is 17.8 Å². The van der Waals surface area contributed by atoms with Gasteiger partial charge >= 0.3 is 0 Å². The molecule has 5 heteroatoms. The van der Waals surface area contributed by atoms with Crippen LogP contribution in [0.4, 0.5) is 5.69 Å². The smallest absolute Gasteiger partial charge is 0.262 e. The summed E-state index contributed by atoms with van der Waals surface area (Å²) in [4.78, 5) is 22.6. The Morgan fingerprint density at radius 3 is 2.44 bits per heavy atom. The van der Waals surface area contributed by atoms with E-state index in [0.717, 1.165) is 34.8 Å². The zero-order chi connectivity index (χ0) is 19.1. The summed E-state index contributed by atoms with van der Waals surface area (Å²) in [5.74, 6) is 1.12. The average molecular weight is 363 g/mol. The lowest BCUT2D eigenvalue weighted by atomic mass is 10.0. The second-order valence-electron chi connectivity index (χ2n) is 6.11. The Kier molecular flexibility index (Phi) is 6.05. The zero-order valence-electron chi connectivity index (χ0n) is 15.1. The van der Waals surface area contributed by atoms with E-state index in [-0.39, 0.29) is 12.5 Å². The number of aryl methyl sites for hydroxylation is 1. The number of rotatable bonds is 8. The number of hydrogen-bond acceptors (Lipinski definition) is 4. The molecule has 0 radical (unpaired) electrons. The van der Waals surface area contributed by atoms with Crippen LogP contribution in [0.25, 0.3) is 10.8 Å². The molecule has 0 bridgehead atoms. The minimum Gasteiger partial charge on any atom is -0.497 e. The number of hydrogen-bond donors (Lipinski definition) is 1. The van der Waals surface area contributed by atoms with Crippen molar-refractivity contribution >= 4 is 28.7 Å². The number of methoxy groups -OCH3 is 1. The van der Waals surface area contributed by atoms with Gasteiger partial charge in [-0.25, -0.2) is 0 Å². The molecule has 0 heterocycles. The van der Waals surface area contributed by atoms with Crippen molar-refractivity contribution in [3.63, 3.8) is 0 Å². The number of anilines is 1. The van der Waals surface area contributed by atoms with Crippen LogP contribution in [-0.4, -0.2) is 25.9 Å². The topological polar surface area (TPSA) is 64.6 Å². The van der Waals surface area contributed by atoms with Gasteiger partial charge in [0.25, 0.3) is 5.91 Å². The van der Waals surface area contributed by atoms with E-state index in [9.17, 15) is 9.59 Å². The number of carbonyl (C=O) groups excluding carboxylic acids is 2. The molecule has 5 nitrogen and oxygen atoms in total. The van der Waals surface area contributed by atoms with Crippen molar-refractivity contribution in [1.29, 1.82) is 0 Å². The van der Waals surface area contributed by atoms with Gasteiger partial charge in [0.2, 0.25) is 0 Å². The van der Waals surface area contributed by atoms with Crippen LogP contribution in [0.1, 0.15) is 12.0 Å². The predicted octanol–water partition coefficient (Wildman–Crippen LogP) is 4.00. The number of ether oxygens (including phenoxy) is 2. The summed E-state index contributed by atoms with van der Waals surface area (Å²) in [7, 11) is 1.59. The lowest BCUT2D eigenvalue weighted by Gasteiger charge is -2.09. The molecule has 0 spiro atoms. The van der Waals surface area contributed by atoms with Crippen molar-refractivity contribution in [2.24, 2.45) is 0 Å². The number of amides is 1. The molecule has 0 aromatic heterocycles. The third kappa shape index (κ3) is 5.07. The average Bonchev–Trinajstić information content (AvgIpc) is 2.71. The number of benzene rings is 3. The van der Waals surface area contributed by atoms with Crippen molar-refractivity contribution in [1.82, 2.24) is 0 Å². The molecule has 0 aliphatic carbocycles. The molecular formula is C22H21NO4. The Hall–Kier alpha value is -3.34. The Balaban J connectivity index is 1.61. The van der Waals surface area contributed by atoms with Gasteiger partial charge in [-0.3, -0.25) is 4.79 Å². The molecule has 0 fully saturated rings. The molecule has 1 N–H and O–H groups in total. The van der Waals surface area contributed by atoms with E-state index in [1.54, 1.807) is 31.4 Å². The van der Waals surface area contributed by atoms with Crippen molar-refractivity contribution in [2.75, 3.05) is 19.0 Å². The molecule has 3 aromatic rings. The van der Waals surface area contributed by atoms with E-state index in [4.69, 9.17) is 9.47 Å². The molecular weight excluding hydrogens is 342 g/mol. The number of carbonyl (C=O) groups is 2. The summed E-state index contributed by atoms with van der Waals surface area (Å²) in [6.07, 6.45) is 2.15. The maximum absolute atomic E-state index is 12.1. The zero-order valence-corrected chi connectivity index (χ0v) is 15.1. The third-order valence-corrected chi connectivity index (χ3v) is 4.17. The maximum atomic E-state index is 12.1. The Bertz CT molecular complexity index is 935. The van der Waals surface area contributed by atoms with E-state index in [1.807, 2.05) is 36.4 Å². The van der Waals surface area contributed by atoms with E-state index in [0.29, 0.717) is 17.9 Å². The maximum Gasteiger partial charge on any atom is 0.262 e. The highest BCUT2D eigenvalue weighted by molar-refractivity contribution is 5.92. The van der Waals surface area contributed by atoms with Crippen LogP contribution >= 0.6 is 0 Å². The molecule has 0 unspecified atom stereocenters. The third-order valence-electron chi connectivity index (χ3n) is 4.17. The van der Waals surface area contributed by atoms with Crippen molar-refractivity contribution in [3.8, 4) is 11.5 Å². The minimum atomic E-state index is -0.236. The van der Waals surface area contributed by atoms with Crippen LogP contribution in [0.3, 0.4) is 0 Å². The lowest BCUT2D eigenvalue weighted by Crippen LogP contribution is -2.20. The molecule has 0 aliphatic rings. The van der Waals surface area contributed by atoms with Gasteiger partial charge in [0.15, 0.2) is 6.61 Å². The second kappa shape index (κ2) is 8.85. The molecule has 0 saturated carbocycles. The summed E-state index contributed by atoms with van der Waals surface area (Å²) in [5.41, 5.74) is 1.78.